The highest BCUT2D eigenvalue weighted by molar-refractivity contribution is 5.99. The van der Waals surface area contributed by atoms with Crippen molar-refractivity contribution in [1.82, 2.24) is 31.1 Å². The molecule has 0 atom stereocenters. The Morgan fingerprint density at radius 3 is 2.00 bits per heavy atom. The van der Waals surface area contributed by atoms with Crippen molar-refractivity contribution in [1.29, 1.82) is 0 Å². The highest BCUT2D eigenvalue weighted by atomic mass is 16.2. The summed E-state index contributed by atoms with van der Waals surface area (Å²) in [6, 6.07) is 23.7. The number of benzene rings is 3. The Balaban J connectivity index is 1.33. The summed E-state index contributed by atoms with van der Waals surface area (Å²) >= 11 is 0. The first-order chi connectivity index (χ1) is 15.1. The number of hydrogen-bond acceptors (Lipinski definition) is 5. The molecule has 1 aromatic heterocycles. The van der Waals surface area contributed by atoms with E-state index in [2.05, 4.69) is 26.3 Å². The average molecular weight is 412 g/mol. The lowest BCUT2D eigenvalue weighted by Gasteiger charge is -2.08. The van der Waals surface area contributed by atoms with Gasteiger partial charge in [0.15, 0.2) is 0 Å². The Bertz CT molecular complexity index is 1180. The highest BCUT2D eigenvalue weighted by Crippen LogP contribution is 2.12. The first-order valence-corrected chi connectivity index (χ1v) is 9.68. The second kappa shape index (κ2) is 9.00. The van der Waals surface area contributed by atoms with E-state index in [0.29, 0.717) is 23.5 Å². The smallest absolute Gasteiger partial charge is 0.267 e. The third kappa shape index (κ3) is 4.99. The van der Waals surface area contributed by atoms with E-state index in [4.69, 9.17) is 0 Å². The van der Waals surface area contributed by atoms with Crippen LogP contribution < -0.4 is 10.9 Å². The molecule has 31 heavy (non-hydrogen) atoms. The zero-order valence-corrected chi connectivity index (χ0v) is 16.8. The number of hydrazine groups is 1. The van der Waals surface area contributed by atoms with Crippen LogP contribution in [0.5, 0.6) is 0 Å². The first-order valence-electron chi connectivity index (χ1n) is 9.68. The van der Waals surface area contributed by atoms with Crippen LogP contribution in [0, 0.1) is 6.92 Å². The number of nitrogens with zero attached hydrogens (tertiary/aromatic N) is 4. The minimum Gasteiger partial charge on any atom is -0.267 e. The van der Waals surface area contributed by atoms with E-state index in [9.17, 15) is 9.59 Å². The number of rotatable bonds is 5. The Kier molecular flexibility index (Phi) is 5.79. The van der Waals surface area contributed by atoms with Gasteiger partial charge >= 0.3 is 0 Å². The van der Waals surface area contributed by atoms with Crippen LogP contribution in [0.2, 0.25) is 0 Å². The minimum absolute atomic E-state index is 0.378. The van der Waals surface area contributed by atoms with Crippen molar-refractivity contribution in [2.45, 2.75) is 13.5 Å². The summed E-state index contributed by atoms with van der Waals surface area (Å²) in [6.45, 7) is 2.36. The molecule has 8 heteroatoms. The monoisotopic (exact) mass is 412 g/mol. The maximum atomic E-state index is 12.3. The lowest BCUT2D eigenvalue weighted by atomic mass is 10.1. The van der Waals surface area contributed by atoms with Gasteiger partial charge in [-0.15, -0.1) is 10.2 Å². The molecular weight excluding hydrogens is 392 g/mol. The molecule has 0 aliphatic heterocycles. The molecule has 2 N–H and O–H groups in total. The summed E-state index contributed by atoms with van der Waals surface area (Å²) in [5.74, 6) is -0.227. The SMILES string of the molecule is Cc1ccc(C(=O)NNC(=O)c2ccc(Cn3nnc(-c4ccccc4)n3)cc2)cc1. The summed E-state index contributed by atoms with van der Waals surface area (Å²) in [5, 5.41) is 12.5. The van der Waals surface area contributed by atoms with Gasteiger partial charge in [-0.3, -0.25) is 20.4 Å². The molecule has 0 spiro atoms. The third-order valence-corrected chi connectivity index (χ3v) is 4.63. The maximum absolute atomic E-state index is 12.3. The molecule has 0 unspecified atom stereocenters. The average Bonchev–Trinajstić information content (AvgIpc) is 3.27. The Hall–Kier alpha value is -4.33. The fourth-order valence-electron chi connectivity index (χ4n) is 2.90. The second-order valence-corrected chi connectivity index (χ2v) is 6.98. The Labute approximate surface area is 178 Å². The van der Waals surface area contributed by atoms with Crippen molar-refractivity contribution < 1.29 is 9.59 Å². The van der Waals surface area contributed by atoms with Gasteiger partial charge in [-0.25, -0.2) is 0 Å². The number of tetrazole rings is 1. The predicted molar refractivity (Wildman–Crippen MR) is 115 cm³/mol. The first kappa shape index (κ1) is 20.0. The standard InChI is InChI=1S/C23H20N6O2/c1-16-7-11-19(12-8-16)22(30)25-26-23(31)20-13-9-17(10-14-20)15-29-27-21(24-28-29)18-5-3-2-4-6-18/h2-14H,15H2,1H3,(H,25,30)(H,26,31). The molecule has 0 saturated heterocycles. The lowest BCUT2D eigenvalue weighted by molar-refractivity contribution is 0.0846. The molecule has 0 bridgehead atoms. The molecule has 3 aromatic carbocycles. The number of hydrogen-bond donors (Lipinski definition) is 2. The van der Waals surface area contributed by atoms with Gasteiger partial charge in [0, 0.05) is 16.7 Å². The molecule has 8 nitrogen and oxygen atoms in total. The molecule has 0 fully saturated rings. The topological polar surface area (TPSA) is 102 Å². The number of aryl methyl sites for hydroxylation is 1. The van der Waals surface area contributed by atoms with Gasteiger partial charge in [-0.05, 0) is 42.0 Å². The van der Waals surface area contributed by atoms with E-state index >= 15 is 0 Å². The van der Waals surface area contributed by atoms with Crippen molar-refractivity contribution in [2.24, 2.45) is 0 Å². The molecule has 4 rings (SSSR count). The Morgan fingerprint density at radius 1 is 0.806 bits per heavy atom. The van der Waals surface area contributed by atoms with Crippen molar-refractivity contribution in [2.75, 3.05) is 0 Å². The number of amides is 2. The molecule has 4 aromatic rings. The molecule has 2 amide bonds. The number of carbonyl (C=O) groups excluding carboxylic acids is 2. The molecule has 0 radical (unpaired) electrons. The predicted octanol–water partition coefficient (Wildman–Crippen LogP) is 2.77. The van der Waals surface area contributed by atoms with Gasteiger partial charge < -0.3 is 0 Å². The number of nitrogens with one attached hydrogen (secondary N) is 2. The van der Waals surface area contributed by atoms with Gasteiger partial charge in [0.05, 0.1) is 6.54 Å². The van der Waals surface area contributed by atoms with Crippen LogP contribution >= 0.6 is 0 Å². The van der Waals surface area contributed by atoms with Crippen LogP contribution in [0.4, 0.5) is 0 Å². The second-order valence-electron chi connectivity index (χ2n) is 6.98. The molecule has 0 aliphatic rings. The van der Waals surface area contributed by atoms with E-state index in [-0.39, 0.29) is 5.91 Å². The summed E-state index contributed by atoms with van der Waals surface area (Å²) in [7, 11) is 0. The van der Waals surface area contributed by atoms with Gasteiger partial charge in [0.1, 0.15) is 0 Å². The van der Waals surface area contributed by atoms with Crippen molar-refractivity contribution in [3.63, 3.8) is 0 Å². The summed E-state index contributed by atoms with van der Waals surface area (Å²) in [6.07, 6.45) is 0. The van der Waals surface area contributed by atoms with Gasteiger partial charge in [-0.1, -0.05) is 60.2 Å². The number of carbonyl (C=O) groups is 2. The molecule has 0 saturated carbocycles. The van der Waals surface area contributed by atoms with Gasteiger partial charge in [0.25, 0.3) is 11.8 Å². The zero-order chi connectivity index (χ0) is 21.6. The normalized spacial score (nSPS) is 10.5. The van der Waals surface area contributed by atoms with Gasteiger partial charge in [0.2, 0.25) is 5.82 Å². The third-order valence-electron chi connectivity index (χ3n) is 4.63. The molecule has 1 heterocycles. The largest absolute Gasteiger partial charge is 0.269 e. The van der Waals surface area contributed by atoms with Crippen LogP contribution in [0.15, 0.2) is 78.9 Å². The maximum Gasteiger partial charge on any atom is 0.269 e. The Morgan fingerprint density at radius 2 is 1.39 bits per heavy atom. The van der Waals surface area contributed by atoms with E-state index in [1.807, 2.05) is 61.5 Å². The zero-order valence-electron chi connectivity index (χ0n) is 16.8. The van der Waals surface area contributed by atoms with E-state index in [0.717, 1.165) is 16.7 Å². The fraction of sp³-hybridized carbons (Fsp3) is 0.0870. The van der Waals surface area contributed by atoms with Gasteiger partial charge in [-0.2, -0.15) is 4.80 Å². The summed E-state index contributed by atoms with van der Waals surface area (Å²) in [5.41, 5.74) is 8.60. The lowest BCUT2D eigenvalue weighted by Crippen LogP contribution is -2.41. The van der Waals surface area contributed by atoms with E-state index in [1.54, 1.807) is 24.3 Å². The quantitative estimate of drug-likeness (QED) is 0.491. The van der Waals surface area contributed by atoms with Crippen LogP contribution in [-0.2, 0) is 6.54 Å². The molecule has 0 aliphatic carbocycles. The van der Waals surface area contributed by atoms with Crippen LogP contribution in [-0.4, -0.2) is 32.0 Å². The van der Waals surface area contributed by atoms with Crippen LogP contribution in [0.3, 0.4) is 0 Å². The van der Waals surface area contributed by atoms with Crippen molar-refractivity contribution in [3.8, 4) is 11.4 Å². The van der Waals surface area contributed by atoms with Crippen LogP contribution in [0.25, 0.3) is 11.4 Å². The minimum atomic E-state index is -0.405. The fourth-order valence-corrected chi connectivity index (χ4v) is 2.90. The molecule has 154 valence electrons. The van der Waals surface area contributed by atoms with Crippen molar-refractivity contribution in [3.05, 3.63) is 101 Å². The van der Waals surface area contributed by atoms with E-state index in [1.165, 1.54) is 4.80 Å². The summed E-state index contributed by atoms with van der Waals surface area (Å²) < 4.78 is 0. The van der Waals surface area contributed by atoms with Crippen LogP contribution in [0.1, 0.15) is 31.8 Å². The van der Waals surface area contributed by atoms with Crippen molar-refractivity contribution >= 4 is 11.8 Å². The number of aromatic nitrogens is 4. The highest BCUT2D eigenvalue weighted by Gasteiger charge is 2.10. The van der Waals surface area contributed by atoms with E-state index < -0.39 is 5.91 Å². The molecular formula is C23H20N6O2. The summed E-state index contributed by atoms with van der Waals surface area (Å²) in [4.78, 5) is 25.9.